The first-order valence-electron chi connectivity index (χ1n) is 5.38. The molecule has 0 bridgehead atoms. The van der Waals surface area contributed by atoms with Crippen LogP contribution in [-0.4, -0.2) is 23.3 Å². The summed E-state index contributed by atoms with van der Waals surface area (Å²) < 4.78 is 13.0. The van der Waals surface area contributed by atoms with Gasteiger partial charge in [0.1, 0.15) is 5.82 Å². The molecule has 0 aromatic heterocycles. The average molecular weight is 236 g/mol. The van der Waals surface area contributed by atoms with Crippen LogP contribution in [-0.2, 0) is 16.1 Å². The maximum absolute atomic E-state index is 13.0. The molecule has 1 atom stereocenters. The largest absolute Gasteiger partial charge is 0.369 e. The second-order valence-electron chi connectivity index (χ2n) is 4.21. The van der Waals surface area contributed by atoms with Crippen LogP contribution >= 0.6 is 0 Å². The number of hydrogen-bond donors (Lipinski definition) is 1. The zero-order valence-electron chi connectivity index (χ0n) is 9.23. The zero-order valence-corrected chi connectivity index (χ0v) is 9.23. The number of hydrogen-bond acceptors (Lipinski definition) is 2. The van der Waals surface area contributed by atoms with Crippen LogP contribution in [0.3, 0.4) is 0 Å². The van der Waals surface area contributed by atoms with Crippen molar-refractivity contribution < 1.29 is 14.0 Å². The van der Waals surface area contributed by atoms with E-state index in [1.807, 2.05) is 0 Å². The van der Waals surface area contributed by atoms with Crippen molar-refractivity contribution in [1.29, 1.82) is 0 Å². The Morgan fingerprint density at radius 1 is 1.53 bits per heavy atom. The Morgan fingerprint density at radius 2 is 2.29 bits per heavy atom. The van der Waals surface area contributed by atoms with Gasteiger partial charge in [-0.3, -0.25) is 9.59 Å². The molecular formula is C12H13FN2O2. The molecule has 4 nitrogen and oxygen atoms in total. The maximum Gasteiger partial charge on any atom is 0.223 e. The van der Waals surface area contributed by atoms with Crippen molar-refractivity contribution in [2.45, 2.75) is 13.0 Å². The van der Waals surface area contributed by atoms with Gasteiger partial charge in [-0.2, -0.15) is 0 Å². The van der Waals surface area contributed by atoms with Crippen LogP contribution in [0.4, 0.5) is 4.39 Å². The molecule has 2 amide bonds. The van der Waals surface area contributed by atoms with Crippen molar-refractivity contribution in [1.82, 2.24) is 4.90 Å². The van der Waals surface area contributed by atoms with E-state index < -0.39 is 11.8 Å². The summed E-state index contributed by atoms with van der Waals surface area (Å²) in [5.41, 5.74) is 5.87. The third kappa shape index (κ3) is 2.61. The summed E-state index contributed by atoms with van der Waals surface area (Å²) in [5.74, 6) is -1.32. The highest BCUT2D eigenvalue weighted by molar-refractivity contribution is 5.88. The van der Waals surface area contributed by atoms with Gasteiger partial charge in [0, 0.05) is 19.5 Å². The average Bonchev–Trinajstić information content (AvgIpc) is 2.61. The Labute approximate surface area is 98.2 Å². The number of rotatable bonds is 3. The van der Waals surface area contributed by atoms with Crippen molar-refractivity contribution in [3.63, 3.8) is 0 Å². The number of halogens is 1. The fraction of sp³-hybridized carbons (Fsp3) is 0.333. The molecule has 1 heterocycles. The Bertz CT molecular complexity index is 462. The SMILES string of the molecule is NC(=O)C1CC(=O)N(Cc2cccc(F)c2)C1. The van der Waals surface area contributed by atoms with Crippen LogP contribution in [0, 0.1) is 11.7 Å². The molecule has 0 spiro atoms. The second kappa shape index (κ2) is 4.53. The molecule has 0 saturated carbocycles. The van der Waals surface area contributed by atoms with E-state index in [9.17, 15) is 14.0 Å². The molecule has 90 valence electrons. The summed E-state index contributed by atoms with van der Waals surface area (Å²) in [6, 6.07) is 6.07. The van der Waals surface area contributed by atoms with E-state index in [1.54, 1.807) is 12.1 Å². The van der Waals surface area contributed by atoms with E-state index in [0.717, 1.165) is 0 Å². The highest BCUT2D eigenvalue weighted by Gasteiger charge is 2.32. The first kappa shape index (κ1) is 11.6. The predicted octanol–water partition coefficient (Wildman–Crippen LogP) is 0.659. The topological polar surface area (TPSA) is 63.4 Å². The number of nitrogens with two attached hydrogens (primary N) is 1. The van der Waals surface area contributed by atoms with E-state index in [1.165, 1.54) is 17.0 Å². The van der Waals surface area contributed by atoms with Gasteiger partial charge in [0.05, 0.1) is 5.92 Å². The number of likely N-dealkylation sites (tertiary alicyclic amines) is 1. The highest BCUT2D eigenvalue weighted by Crippen LogP contribution is 2.19. The molecule has 2 N–H and O–H groups in total. The van der Waals surface area contributed by atoms with Gasteiger partial charge in [-0.05, 0) is 17.7 Å². The van der Waals surface area contributed by atoms with Crippen LogP contribution in [0.5, 0.6) is 0 Å². The lowest BCUT2D eigenvalue weighted by Crippen LogP contribution is -2.28. The number of amides is 2. The van der Waals surface area contributed by atoms with Gasteiger partial charge in [0.25, 0.3) is 0 Å². The lowest BCUT2D eigenvalue weighted by Gasteiger charge is -2.16. The molecule has 1 aromatic carbocycles. The van der Waals surface area contributed by atoms with E-state index in [2.05, 4.69) is 0 Å². The van der Waals surface area contributed by atoms with Gasteiger partial charge >= 0.3 is 0 Å². The molecule has 1 fully saturated rings. The molecule has 1 unspecified atom stereocenters. The van der Waals surface area contributed by atoms with Crippen molar-refractivity contribution in [3.8, 4) is 0 Å². The lowest BCUT2D eigenvalue weighted by molar-refractivity contribution is -0.128. The Hall–Kier alpha value is -1.91. The van der Waals surface area contributed by atoms with Crippen molar-refractivity contribution in [2.75, 3.05) is 6.54 Å². The number of carbonyl (C=O) groups is 2. The van der Waals surface area contributed by atoms with Crippen molar-refractivity contribution >= 4 is 11.8 Å². The molecule has 0 radical (unpaired) electrons. The van der Waals surface area contributed by atoms with Crippen LogP contribution in [0.2, 0.25) is 0 Å². The third-order valence-corrected chi connectivity index (χ3v) is 2.88. The third-order valence-electron chi connectivity index (χ3n) is 2.88. The lowest BCUT2D eigenvalue weighted by atomic mass is 10.1. The van der Waals surface area contributed by atoms with Gasteiger partial charge < -0.3 is 10.6 Å². The van der Waals surface area contributed by atoms with Gasteiger partial charge in [-0.25, -0.2) is 4.39 Å². The minimum atomic E-state index is -0.458. The monoisotopic (exact) mass is 236 g/mol. The Balaban J connectivity index is 2.05. The first-order chi connectivity index (χ1) is 8.06. The van der Waals surface area contributed by atoms with Gasteiger partial charge in [-0.15, -0.1) is 0 Å². The minimum absolute atomic E-state index is 0.113. The van der Waals surface area contributed by atoms with Gasteiger partial charge in [0.2, 0.25) is 11.8 Å². The van der Waals surface area contributed by atoms with E-state index in [4.69, 9.17) is 5.73 Å². The van der Waals surface area contributed by atoms with Crippen molar-refractivity contribution in [3.05, 3.63) is 35.6 Å². The standard InChI is InChI=1S/C12H13FN2O2/c13-10-3-1-2-8(4-10)6-15-7-9(12(14)17)5-11(15)16/h1-4,9H,5-7H2,(H2,14,17). The Kier molecular flexibility index (Phi) is 3.08. The molecule has 1 saturated heterocycles. The normalized spacial score (nSPS) is 19.7. The minimum Gasteiger partial charge on any atom is -0.369 e. The summed E-state index contributed by atoms with van der Waals surface area (Å²) in [7, 11) is 0. The van der Waals surface area contributed by atoms with Crippen LogP contribution in [0.25, 0.3) is 0 Å². The first-order valence-corrected chi connectivity index (χ1v) is 5.38. The van der Waals surface area contributed by atoms with Crippen LogP contribution < -0.4 is 5.73 Å². The van der Waals surface area contributed by atoms with E-state index >= 15 is 0 Å². The maximum atomic E-state index is 13.0. The molecule has 1 aromatic rings. The molecular weight excluding hydrogens is 223 g/mol. The van der Waals surface area contributed by atoms with E-state index in [0.29, 0.717) is 18.7 Å². The molecule has 5 heteroatoms. The fourth-order valence-corrected chi connectivity index (χ4v) is 1.97. The van der Waals surface area contributed by atoms with Gasteiger partial charge in [-0.1, -0.05) is 12.1 Å². The zero-order chi connectivity index (χ0) is 12.4. The second-order valence-corrected chi connectivity index (χ2v) is 4.21. The highest BCUT2D eigenvalue weighted by atomic mass is 19.1. The molecule has 1 aliphatic heterocycles. The molecule has 2 rings (SSSR count). The molecule has 0 aliphatic carbocycles. The quantitative estimate of drug-likeness (QED) is 0.837. The summed E-state index contributed by atoms with van der Waals surface area (Å²) in [6.45, 7) is 0.644. The molecule has 1 aliphatic rings. The summed E-state index contributed by atoms with van der Waals surface area (Å²) >= 11 is 0. The fourth-order valence-electron chi connectivity index (χ4n) is 1.97. The summed E-state index contributed by atoms with van der Waals surface area (Å²) in [6.07, 6.45) is 0.157. The predicted molar refractivity (Wildman–Crippen MR) is 59.1 cm³/mol. The number of benzene rings is 1. The smallest absolute Gasteiger partial charge is 0.223 e. The summed E-state index contributed by atoms with van der Waals surface area (Å²) in [4.78, 5) is 24.1. The van der Waals surface area contributed by atoms with Crippen LogP contribution in [0.15, 0.2) is 24.3 Å². The summed E-state index contributed by atoms with van der Waals surface area (Å²) in [5, 5.41) is 0. The number of carbonyl (C=O) groups excluding carboxylic acids is 2. The number of nitrogens with zero attached hydrogens (tertiary/aromatic N) is 1. The van der Waals surface area contributed by atoms with Crippen LogP contribution in [0.1, 0.15) is 12.0 Å². The van der Waals surface area contributed by atoms with Gasteiger partial charge in [0.15, 0.2) is 0 Å². The van der Waals surface area contributed by atoms with Crippen molar-refractivity contribution in [2.24, 2.45) is 11.7 Å². The van der Waals surface area contributed by atoms with E-state index in [-0.39, 0.29) is 18.1 Å². The Morgan fingerprint density at radius 3 is 2.88 bits per heavy atom. The number of primary amides is 1. The molecule has 17 heavy (non-hydrogen) atoms.